The van der Waals surface area contributed by atoms with E-state index >= 15 is 0 Å². The summed E-state index contributed by atoms with van der Waals surface area (Å²) in [5.74, 6) is 0.994. The van der Waals surface area contributed by atoms with Gasteiger partial charge in [0.2, 0.25) is 0 Å². The Bertz CT molecular complexity index is 567. The van der Waals surface area contributed by atoms with Crippen molar-refractivity contribution >= 4 is 11.0 Å². The zero-order valence-electron chi connectivity index (χ0n) is 10.2. The molecule has 2 aromatic rings. The number of nitrogens with zero attached hydrogens (tertiary/aromatic N) is 2. The fraction of sp³-hybridized carbons (Fsp3) is 0.462. The molecule has 0 spiro atoms. The lowest BCUT2D eigenvalue weighted by Crippen LogP contribution is -2.28. The van der Waals surface area contributed by atoms with Crippen LogP contribution in [0.3, 0.4) is 0 Å². The molecule has 1 aromatic carbocycles. The molecule has 2 N–H and O–H groups in total. The molecule has 4 nitrogen and oxygen atoms in total. The van der Waals surface area contributed by atoms with Crippen molar-refractivity contribution in [2.45, 2.75) is 18.9 Å². The Balaban J connectivity index is 2.13. The van der Waals surface area contributed by atoms with Gasteiger partial charge < -0.3 is 15.0 Å². The Labute approximate surface area is 100 Å². The predicted molar refractivity (Wildman–Crippen MR) is 66.8 cm³/mol. The summed E-state index contributed by atoms with van der Waals surface area (Å²) in [7, 11) is 2.01. The molecule has 4 heteroatoms. The highest BCUT2D eigenvalue weighted by molar-refractivity contribution is 5.77. The molecule has 1 unspecified atom stereocenters. The smallest absolute Gasteiger partial charge is 0.106 e. The Kier molecular flexibility index (Phi) is 2.24. The van der Waals surface area contributed by atoms with Crippen LogP contribution in [0.15, 0.2) is 18.2 Å². The van der Waals surface area contributed by atoms with Crippen molar-refractivity contribution in [1.29, 1.82) is 0 Å². The number of benzene rings is 1. The van der Waals surface area contributed by atoms with Crippen LogP contribution in [0.25, 0.3) is 11.0 Å². The van der Waals surface area contributed by atoms with Crippen LogP contribution in [-0.4, -0.2) is 27.7 Å². The number of aromatic nitrogens is 2. The summed E-state index contributed by atoms with van der Waals surface area (Å²) in [6.45, 7) is 3.49. The lowest BCUT2D eigenvalue weighted by molar-refractivity contribution is 0.0589. The number of fused-ring (bicyclic) bond motifs is 1. The Morgan fingerprint density at radius 2 is 2.29 bits per heavy atom. The monoisotopic (exact) mass is 231 g/mol. The first-order valence-electron chi connectivity index (χ1n) is 5.97. The SMILES string of the molecule is Cc1nc2cc(C3(O)CCNC3)ccc2n1C. The van der Waals surface area contributed by atoms with Crippen LogP contribution >= 0.6 is 0 Å². The molecular weight excluding hydrogens is 214 g/mol. The zero-order chi connectivity index (χ0) is 12.0. The molecule has 0 saturated carbocycles. The lowest BCUT2D eigenvalue weighted by atomic mass is 9.93. The first kappa shape index (κ1) is 10.7. The summed E-state index contributed by atoms with van der Waals surface area (Å²) in [5.41, 5.74) is 2.32. The molecule has 1 aliphatic rings. The van der Waals surface area contributed by atoms with Crippen molar-refractivity contribution in [3.05, 3.63) is 29.6 Å². The molecule has 1 aliphatic heterocycles. The van der Waals surface area contributed by atoms with Gasteiger partial charge in [-0.3, -0.25) is 0 Å². The minimum Gasteiger partial charge on any atom is -0.384 e. The maximum absolute atomic E-state index is 10.5. The fourth-order valence-electron chi connectivity index (χ4n) is 2.53. The van der Waals surface area contributed by atoms with Crippen LogP contribution in [-0.2, 0) is 12.6 Å². The molecule has 0 radical (unpaired) electrons. The molecule has 0 amide bonds. The molecule has 1 aromatic heterocycles. The molecule has 90 valence electrons. The Hall–Kier alpha value is -1.39. The fourth-order valence-corrected chi connectivity index (χ4v) is 2.53. The first-order valence-corrected chi connectivity index (χ1v) is 5.97. The van der Waals surface area contributed by atoms with Gasteiger partial charge in [0, 0.05) is 13.6 Å². The van der Waals surface area contributed by atoms with Gasteiger partial charge in [0.25, 0.3) is 0 Å². The van der Waals surface area contributed by atoms with E-state index in [1.165, 1.54) is 0 Å². The summed E-state index contributed by atoms with van der Waals surface area (Å²) in [4.78, 5) is 4.51. The van der Waals surface area contributed by atoms with Crippen LogP contribution in [0.5, 0.6) is 0 Å². The van der Waals surface area contributed by atoms with E-state index < -0.39 is 5.60 Å². The van der Waals surface area contributed by atoms with Gasteiger partial charge in [-0.05, 0) is 37.6 Å². The number of hydrogen-bond donors (Lipinski definition) is 2. The van der Waals surface area contributed by atoms with Crippen LogP contribution in [0.2, 0.25) is 0 Å². The average Bonchev–Trinajstić information content (AvgIpc) is 2.86. The molecule has 3 rings (SSSR count). The maximum Gasteiger partial charge on any atom is 0.106 e. The summed E-state index contributed by atoms with van der Waals surface area (Å²) in [6, 6.07) is 6.06. The third-order valence-corrected chi connectivity index (χ3v) is 3.77. The number of aryl methyl sites for hydroxylation is 2. The van der Waals surface area contributed by atoms with E-state index in [-0.39, 0.29) is 0 Å². The predicted octanol–water partition coefficient (Wildman–Crippen LogP) is 1.06. The first-order chi connectivity index (χ1) is 8.10. The van der Waals surface area contributed by atoms with Gasteiger partial charge in [-0.25, -0.2) is 4.98 Å². The second-order valence-corrected chi connectivity index (χ2v) is 4.88. The summed E-state index contributed by atoms with van der Waals surface area (Å²) < 4.78 is 2.07. The van der Waals surface area contributed by atoms with Crippen LogP contribution in [0.4, 0.5) is 0 Å². The molecule has 17 heavy (non-hydrogen) atoms. The van der Waals surface area contributed by atoms with Gasteiger partial charge in [0.1, 0.15) is 11.4 Å². The topological polar surface area (TPSA) is 50.1 Å². The minimum absolute atomic E-state index is 0.629. The molecule has 0 aliphatic carbocycles. The van der Waals surface area contributed by atoms with Gasteiger partial charge in [-0.2, -0.15) is 0 Å². The van der Waals surface area contributed by atoms with Gasteiger partial charge in [0.05, 0.1) is 11.0 Å². The van der Waals surface area contributed by atoms with Crippen LogP contribution < -0.4 is 5.32 Å². The number of imidazole rings is 1. The van der Waals surface area contributed by atoms with E-state index in [1.807, 2.05) is 32.2 Å². The molecule has 2 heterocycles. The Morgan fingerprint density at radius 3 is 3.00 bits per heavy atom. The van der Waals surface area contributed by atoms with Crippen molar-refractivity contribution in [2.75, 3.05) is 13.1 Å². The van der Waals surface area contributed by atoms with Crippen molar-refractivity contribution in [3.8, 4) is 0 Å². The summed E-state index contributed by atoms with van der Waals surface area (Å²) in [6.07, 6.45) is 0.768. The van der Waals surface area contributed by atoms with E-state index in [1.54, 1.807) is 0 Å². The number of aliphatic hydroxyl groups is 1. The number of rotatable bonds is 1. The van der Waals surface area contributed by atoms with Crippen LogP contribution in [0, 0.1) is 6.92 Å². The molecular formula is C13H17N3O. The van der Waals surface area contributed by atoms with Crippen molar-refractivity contribution in [2.24, 2.45) is 7.05 Å². The zero-order valence-corrected chi connectivity index (χ0v) is 10.2. The van der Waals surface area contributed by atoms with E-state index in [0.717, 1.165) is 35.4 Å². The summed E-state index contributed by atoms with van der Waals surface area (Å²) in [5, 5.41) is 13.7. The lowest BCUT2D eigenvalue weighted by Gasteiger charge is -2.21. The third-order valence-electron chi connectivity index (χ3n) is 3.77. The molecule has 1 saturated heterocycles. The standard InChI is InChI=1S/C13H17N3O/c1-9-15-11-7-10(3-4-12(11)16(9)2)13(17)5-6-14-8-13/h3-4,7,14,17H,5-6,8H2,1-2H3. The van der Waals surface area contributed by atoms with Crippen LogP contribution in [0.1, 0.15) is 17.8 Å². The van der Waals surface area contributed by atoms with Gasteiger partial charge in [-0.15, -0.1) is 0 Å². The number of β-amino-alcohol motifs (C(OH)–C–C–N with tert-alkyl or cyclic N) is 1. The van der Waals surface area contributed by atoms with E-state index in [9.17, 15) is 5.11 Å². The van der Waals surface area contributed by atoms with Gasteiger partial charge in [-0.1, -0.05) is 6.07 Å². The number of hydrogen-bond acceptors (Lipinski definition) is 3. The highest BCUT2D eigenvalue weighted by Crippen LogP contribution is 2.29. The van der Waals surface area contributed by atoms with E-state index in [0.29, 0.717) is 6.54 Å². The van der Waals surface area contributed by atoms with Gasteiger partial charge >= 0.3 is 0 Å². The summed E-state index contributed by atoms with van der Waals surface area (Å²) >= 11 is 0. The second kappa shape index (κ2) is 3.55. The van der Waals surface area contributed by atoms with Gasteiger partial charge in [0.15, 0.2) is 0 Å². The maximum atomic E-state index is 10.5. The van der Waals surface area contributed by atoms with Crippen molar-refractivity contribution in [1.82, 2.24) is 14.9 Å². The average molecular weight is 231 g/mol. The largest absolute Gasteiger partial charge is 0.384 e. The highest BCUT2D eigenvalue weighted by Gasteiger charge is 2.33. The molecule has 1 fully saturated rings. The van der Waals surface area contributed by atoms with E-state index in [4.69, 9.17) is 0 Å². The van der Waals surface area contributed by atoms with Crippen molar-refractivity contribution in [3.63, 3.8) is 0 Å². The second-order valence-electron chi connectivity index (χ2n) is 4.88. The highest BCUT2D eigenvalue weighted by atomic mass is 16.3. The van der Waals surface area contributed by atoms with E-state index in [2.05, 4.69) is 14.9 Å². The quantitative estimate of drug-likeness (QED) is 0.771. The van der Waals surface area contributed by atoms with Crippen molar-refractivity contribution < 1.29 is 5.11 Å². The molecule has 1 atom stereocenters. The minimum atomic E-state index is -0.723. The number of nitrogens with one attached hydrogen (secondary N) is 1. The Morgan fingerprint density at radius 1 is 1.47 bits per heavy atom. The third kappa shape index (κ3) is 1.56. The normalized spacial score (nSPS) is 24.6. The molecule has 0 bridgehead atoms.